The Kier molecular flexibility index (Phi) is 7.88. The van der Waals surface area contributed by atoms with Crippen molar-refractivity contribution >= 4 is 32.7 Å². The first-order valence-electron chi connectivity index (χ1n) is 1.87. The second-order valence-corrected chi connectivity index (χ2v) is 16.5. The number of H-pyrrole nitrogens is 1. The van der Waals surface area contributed by atoms with Gasteiger partial charge in [-0.15, -0.1) is 6.20 Å². The van der Waals surface area contributed by atoms with Crippen LogP contribution in [-0.4, -0.2) is 4.98 Å². The summed E-state index contributed by atoms with van der Waals surface area (Å²) in [5.41, 5.74) is 0. The van der Waals surface area contributed by atoms with Gasteiger partial charge in [-0.3, -0.25) is 0 Å². The molecule has 9 heavy (non-hydrogen) atoms. The molecule has 0 bridgehead atoms. The molecule has 0 aromatic carbocycles. The van der Waals surface area contributed by atoms with Crippen molar-refractivity contribution in [2.24, 2.45) is 0 Å². The number of aromatic amines is 1. The molecule has 0 unspecified atom stereocenters. The first-order valence-corrected chi connectivity index (χ1v) is 13.0. The van der Waals surface area contributed by atoms with Gasteiger partial charge in [0.2, 0.25) is 0 Å². The maximum absolute atomic E-state index is 5.12. The minimum Gasteiger partial charge on any atom is -0.484 e. The van der Waals surface area contributed by atoms with Gasteiger partial charge < -0.3 is 4.98 Å². The van der Waals surface area contributed by atoms with E-state index in [1.807, 2.05) is 18.3 Å². The Morgan fingerprint density at radius 3 is 2.22 bits per heavy atom. The third kappa shape index (κ3) is 12.2. The van der Waals surface area contributed by atoms with Gasteiger partial charge in [0.15, 0.2) is 0 Å². The van der Waals surface area contributed by atoms with E-state index in [9.17, 15) is 0 Å². The smallest absolute Gasteiger partial charge is 0.108 e. The summed E-state index contributed by atoms with van der Waals surface area (Å²) in [4.78, 5) is 2.74. The third-order valence-corrected chi connectivity index (χ3v) is 0.442. The summed E-state index contributed by atoms with van der Waals surface area (Å²) in [6, 6.07) is 3.71. The Morgan fingerprint density at radius 1 is 1.56 bits per heavy atom. The molecular formula is C4H4BrCl2IrN-. The summed E-state index contributed by atoms with van der Waals surface area (Å²) in [5, 5.41) is 0. The molecule has 1 N–H and O–H groups in total. The molecule has 0 fully saturated rings. The molecule has 0 saturated heterocycles. The van der Waals surface area contributed by atoms with E-state index in [4.69, 9.17) is 19.2 Å². The Balaban J connectivity index is 0.000000148. The van der Waals surface area contributed by atoms with Gasteiger partial charge in [0.05, 0.1) is 0 Å². The first kappa shape index (κ1) is 9.99. The van der Waals surface area contributed by atoms with Crippen LogP contribution < -0.4 is 0 Å². The van der Waals surface area contributed by atoms with Crippen LogP contribution in [0.4, 0.5) is 0 Å². The fourth-order valence-electron chi connectivity index (χ4n) is 0.241. The van der Waals surface area contributed by atoms with E-state index in [1.54, 1.807) is 0 Å². The van der Waals surface area contributed by atoms with E-state index in [2.05, 4.69) is 24.7 Å². The summed E-state index contributed by atoms with van der Waals surface area (Å²) >= 11 is 1.39. The van der Waals surface area contributed by atoms with Crippen LogP contribution in [0, 0.1) is 6.20 Å². The van der Waals surface area contributed by atoms with E-state index in [1.165, 1.54) is 0 Å². The summed E-state index contributed by atoms with van der Waals surface area (Å²) in [6.45, 7) is 0. The molecule has 1 aromatic rings. The molecule has 1 rings (SSSR count). The van der Waals surface area contributed by atoms with E-state index in [0.29, 0.717) is 0 Å². The van der Waals surface area contributed by atoms with Crippen LogP contribution in [0.2, 0.25) is 0 Å². The summed E-state index contributed by atoms with van der Waals surface area (Å²) in [7, 11) is 10.2. The molecule has 1 aromatic heterocycles. The van der Waals surface area contributed by atoms with Crippen molar-refractivity contribution in [3.05, 3.63) is 24.5 Å². The molecule has 0 aliphatic heterocycles. The Hall–Kier alpha value is 0.989. The number of rotatable bonds is 0. The molecule has 0 saturated carbocycles. The normalized spacial score (nSPS) is 9.44. The monoisotopic (exact) mass is 408 g/mol. The number of hydrogen-bond acceptors (Lipinski definition) is 0. The molecule has 0 atom stereocenters. The number of nitrogens with one attached hydrogen (secondary N) is 1. The van der Waals surface area contributed by atoms with E-state index in [0.717, 1.165) is 0 Å². The Labute approximate surface area is 74.2 Å². The fraction of sp³-hybridized carbons (Fsp3) is 0. The second-order valence-electron chi connectivity index (χ2n) is 0.957. The van der Waals surface area contributed by atoms with Crippen LogP contribution in [0.15, 0.2) is 18.3 Å². The van der Waals surface area contributed by atoms with E-state index < -0.39 is 12.5 Å². The van der Waals surface area contributed by atoms with Crippen LogP contribution >= 0.6 is 32.7 Å². The molecule has 0 aliphatic rings. The quantitative estimate of drug-likeness (QED) is 0.635. The largest absolute Gasteiger partial charge is 0.484 e. The predicted octanol–water partition coefficient (Wildman–Crippen LogP) is 3.04. The van der Waals surface area contributed by atoms with Crippen LogP contribution in [0.3, 0.4) is 0 Å². The van der Waals surface area contributed by atoms with E-state index in [-0.39, 0.29) is 0 Å². The zero-order valence-electron chi connectivity index (χ0n) is 4.20. The number of aromatic nitrogens is 1. The van der Waals surface area contributed by atoms with Gasteiger partial charge in [-0.1, -0.05) is 0 Å². The average molecular weight is 409 g/mol. The molecule has 1 heterocycles. The van der Waals surface area contributed by atoms with Crippen molar-refractivity contribution in [3.63, 3.8) is 0 Å². The van der Waals surface area contributed by atoms with Crippen LogP contribution in [0.5, 0.6) is 0 Å². The molecule has 0 radical (unpaired) electrons. The third-order valence-electron chi connectivity index (χ3n) is 0.442. The van der Waals surface area contributed by atoms with Crippen LogP contribution in [-0.2, 0) is 12.5 Å². The van der Waals surface area contributed by atoms with Crippen molar-refractivity contribution in [1.82, 2.24) is 4.98 Å². The molecule has 5 heteroatoms. The van der Waals surface area contributed by atoms with Gasteiger partial charge in [-0.2, -0.15) is 18.3 Å². The van der Waals surface area contributed by atoms with Gasteiger partial charge in [0.25, 0.3) is 0 Å². The Morgan fingerprint density at radius 2 is 2.11 bits per heavy atom. The zero-order valence-corrected chi connectivity index (χ0v) is 9.69. The molecule has 56 valence electrons. The molecular weight excluding hydrogens is 405 g/mol. The summed E-state index contributed by atoms with van der Waals surface area (Å²) < 4.78 is 0. The van der Waals surface area contributed by atoms with Crippen LogP contribution in [0.1, 0.15) is 0 Å². The number of halogens is 3. The van der Waals surface area contributed by atoms with Gasteiger partial charge in [-0.05, 0) is 0 Å². The van der Waals surface area contributed by atoms with Crippen molar-refractivity contribution in [3.8, 4) is 0 Å². The maximum atomic E-state index is 5.12. The standard InChI is InChI=1S/C4H4N.BrH.2ClH.Ir/c1-2-4-5-3-1;;;;/h1-3,5H;3*1H;/q-1;;;;+3/p-3. The first-order chi connectivity index (χ1) is 4.23. The van der Waals surface area contributed by atoms with Crippen molar-refractivity contribution in [2.75, 3.05) is 0 Å². The Bertz CT molecular complexity index is 102. The van der Waals surface area contributed by atoms with E-state index >= 15 is 0 Å². The SMILES string of the molecule is [Cl][Ir]([Cl])[Br].[c-]1ccc[nH]1. The topological polar surface area (TPSA) is 15.8 Å². The summed E-state index contributed by atoms with van der Waals surface area (Å²) in [5.74, 6) is 0. The fourth-order valence-corrected chi connectivity index (χ4v) is 0.241. The van der Waals surface area contributed by atoms with Gasteiger partial charge in [-0.25, -0.2) is 0 Å². The second kappa shape index (κ2) is 7.10. The van der Waals surface area contributed by atoms with Crippen molar-refractivity contribution in [1.29, 1.82) is 0 Å². The van der Waals surface area contributed by atoms with Crippen molar-refractivity contribution < 1.29 is 12.5 Å². The predicted molar refractivity (Wildman–Crippen MR) is 40.3 cm³/mol. The average Bonchev–Trinajstić information content (AvgIpc) is 2.11. The maximum Gasteiger partial charge on any atom is -0.108 e. The van der Waals surface area contributed by atoms with Gasteiger partial charge >= 0.3 is 45.1 Å². The molecule has 0 spiro atoms. The minimum atomic E-state index is -1.58. The summed E-state index contributed by atoms with van der Waals surface area (Å²) in [6.07, 6.45) is 4.56. The molecule has 0 aliphatic carbocycles. The molecule has 1 nitrogen and oxygen atoms in total. The van der Waals surface area contributed by atoms with Crippen molar-refractivity contribution in [2.45, 2.75) is 0 Å². The van der Waals surface area contributed by atoms with Crippen LogP contribution in [0.25, 0.3) is 0 Å². The zero-order chi connectivity index (χ0) is 7.11. The van der Waals surface area contributed by atoms with Gasteiger partial charge in [0.1, 0.15) is 0 Å². The van der Waals surface area contributed by atoms with Gasteiger partial charge in [0, 0.05) is 0 Å². The number of hydrogen-bond donors (Lipinski definition) is 1. The molecule has 0 amide bonds. The minimum absolute atomic E-state index is 1.58.